The van der Waals surface area contributed by atoms with Gasteiger partial charge in [-0.05, 0) is 24.1 Å². The van der Waals surface area contributed by atoms with Gasteiger partial charge >= 0.3 is 0 Å². The maximum absolute atomic E-state index is 12.1. The van der Waals surface area contributed by atoms with E-state index < -0.39 is 0 Å². The molecule has 0 saturated carbocycles. The van der Waals surface area contributed by atoms with Crippen LogP contribution in [0.3, 0.4) is 0 Å². The van der Waals surface area contributed by atoms with Crippen molar-refractivity contribution in [2.75, 3.05) is 0 Å². The minimum atomic E-state index is 0.118. The molecule has 0 N–H and O–H groups in total. The van der Waals surface area contributed by atoms with Crippen molar-refractivity contribution < 1.29 is 4.79 Å². The number of Topliss-reactive ketones (excluding diaryl/α,β-unsaturated/α-hetero) is 1. The molecule has 0 fully saturated rings. The van der Waals surface area contributed by atoms with Crippen LogP contribution in [0.25, 0.3) is 0 Å². The van der Waals surface area contributed by atoms with Crippen LogP contribution in [0.15, 0.2) is 30.6 Å². The summed E-state index contributed by atoms with van der Waals surface area (Å²) in [5, 5.41) is 0.978. The van der Waals surface area contributed by atoms with E-state index in [1.165, 1.54) is 0 Å². The Morgan fingerprint density at radius 2 is 2.05 bits per heavy atom. The van der Waals surface area contributed by atoms with Gasteiger partial charge in [-0.15, -0.1) is 0 Å². The van der Waals surface area contributed by atoms with Crippen LogP contribution in [0.5, 0.6) is 0 Å². The maximum atomic E-state index is 12.1. The number of hydrogen-bond donors (Lipinski definition) is 0. The number of ketones is 1. The number of aryl methyl sites for hydroxylation is 1. The van der Waals surface area contributed by atoms with E-state index in [1.54, 1.807) is 18.3 Å². The van der Waals surface area contributed by atoms with Crippen LogP contribution in [0.1, 0.15) is 24.7 Å². The molecule has 0 bridgehead atoms. The first kappa shape index (κ1) is 15.1. The lowest BCUT2D eigenvalue weighted by Gasteiger charge is -2.06. The fraction of sp³-hybridized carbons (Fsp3) is 0.333. The highest BCUT2D eigenvalue weighted by atomic mass is 35.5. The average molecular weight is 311 g/mol. The van der Waals surface area contributed by atoms with Crippen LogP contribution in [-0.2, 0) is 24.2 Å². The van der Waals surface area contributed by atoms with Crippen molar-refractivity contribution >= 4 is 29.0 Å². The number of carbonyl (C=O) groups excluding carboxylic acids is 1. The normalized spacial score (nSPS) is 10.8. The summed E-state index contributed by atoms with van der Waals surface area (Å²) in [7, 11) is 0. The van der Waals surface area contributed by atoms with E-state index >= 15 is 0 Å². The minimum Gasteiger partial charge on any atom is -0.335 e. The minimum absolute atomic E-state index is 0.118. The Kier molecular flexibility index (Phi) is 5.21. The zero-order valence-corrected chi connectivity index (χ0v) is 12.8. The Labute approximate surface area is 128 Å². The predicted molar refractivity (Wildman–Crippen MR) is 81.4 cm³/mol. The van der Waals surface area contributed by atoms with Crippen molar-refractivity contribution in [1.29, 1.82) is 0 Å². The van der Waals surface area contributed by atoms with E-state index in [1.807, 2.05) is 16.8 Å². The number of rotatable bonds is 6. The topological polar surface area (TPSA) is 34.9 Å². The molecule has 20 heavy (non-hydrogen) atoms. The Bertz CT molecular complexity index is 608. The molecule has 0 aliphatic rings. The lowest BCUT2D eigenvalue weighted by Crippen LogP contribution is -2.12. The molecule has 0 saturated heterocycles. The van der Waals surface area contributed by atoms with Crippen LogP contribution >= 0.6 is 23.2 Å². The van der Waals surface area contributed by atoms with Crippen LogP contribution in [0.2, 0.25) is 10.0 Å². The van der Waals surface area contributed by atoms with Gasteiger partial charge in [-0.1, -0.05) is 36.2 Å². The zero-order chi connectivity index (χ0) is 14.5. The molecular formula is C15H16Cl2N2O. The Balaban J connectivity index is 2.01. The summed E-state index contributed by atoms with van der Waals surface area (Å²) in [5.41, 5.74) is 0.873. The lowest BCUT2D eigenvalue weighted by atomic mass is 10.1. The van der Waals surface area contributed by atoms with Crippen molar-refractivity contribution in [3.8, 4) is 0 Å². The largest absolute Gasteiger partial charge is 0.335 e. The summed E-state index contributed by atoms with van der Waals surface area (Å²) in [4.78, 5) is 16.3. The standard InChI is InChI=1S/C15H16Cl2N2O/c1-2-6-19-7-5-18-15(19)10-12(20)8-11-3-4-13(16)14(17)9-11/h3-5,7,9H,2,6,8,10H2,1H3. The molecule has 2 aromatic rings. The molecule has 106 valence electrons. The molecule has 0 spiro atoms. The highest BCUT2D eigenvalue weighted by molar-refractivity contribution is 6.42. The molecule has 0 amide bonds. The fourth-order valence-corrected chi connectivity index (χ4v) is 2.39. The first-order valence-electron chi connectivity index (χ1n) is 6.55. The molecule has 0 unspecified atom stereocenters. The van der Waals surface area contributed by atoms with Crippen molar-refractivity contribution in [2.24, 2.45) is 0 Å². The van der Waals surface area contributed by atoms with Crippen molar-refractivity contribution in [3.63, 3.8) is 0 Å². The molecule has 0 atom stereocenters. The van der Waals surface area contributed by atoms with E-state index in [9.17, 15) is 4.79 Å². The smallest absolute Gasteiger partial charge is 0.144 e. The van der Waals surface area contributed by atoms with Crippen LogP contribution in [0, 0.1) is 0 Å². The van der Waals surface area contributed by atoms with E-state index in [2.05, 4.69) is 11.9 Å². The Hall–Kier alpha value is -1.32. The molecular weight excluding hydrogens is 295 g/mol. The zero-order valence-electron chi connectivity index (χ0n) is 11.3. The number of aromatic nitrogens is 2. The van der Waals surface area contributed by atoms with E-state index in [0.29, 0.717) is 22.9 Å². The summed E-state index contributed by atoms with van der Waals surface area (Å²) in [6.45, 7) is 2.98. The molecule has 5 heteroatoms. The third kappa shape index (κ3) is 3.84. The number of imidazole rings is 1. The van der Waals surface area contributed by atoms with Crippen molar-refractivity contribution in [2.45, 2.75) is 32.7 Å². The average Bonchev–Trinajstić information content (AvgIpc) is 2.82. The highest BCUT2D eigenvalue weighted by Crippen LogP contribution is 2.23. The predicted octanol–water partition coefficient (Wildman–Crippen LogP) is 3.95. The summed E-state index contributed by atoms with van der Waals surface area (Å²) < 4.78 is 2.02. The molecule has 0 aliphatic heterocycles. The molecule has 2 rings (SSSR count). The number of halogens is 2. The number of nitrogens with zero attached hydrogens (tertiary/aromatic N) is 2. The van der Waals surface area contributed by atoms with Gasteiger partial charge in [0.25, 0.3) is 0 Å². The SMILES string of the molecule is CCCn1ccnc1CC(=O)Cc1ccc(Cl)c(Cl)c1. The number of carbonyl (C=O) groups is 1. The van der Waals surface area contributed by atoms with Crippen molar-refractivity contribution in [1.82, 2.24) is 9.55 Å². The molecule has 1 heterocycles. The van der Waals surface area contributed by atoms with Gasteiger partial charge in [0.1, 0.15) is 11.6 Å². The molecule has 1 aromatic heterocycles. The summed E-state index contributed by atoms with van der Waals surface area (Å²) in [6, 6.07) is 5.27. The summed E-state index contributed by atoms with van der Waals surface area (Å²) in [6.07, 6.45) is 5.34. The first-order chi connectivity index (χ1) is 9.60. The second-order valence-electron chi connectivity index (χ2n) is 4.68. The van der Waals surface area contributed by atoms with E-state index in [0.717, 1.165) is 24.4 Å². The first-order valence-corrected chi connectivity index (χ1v) is 7.31. The monoisotopic (exact) mass is 310 g/mol. The van der Waals surface area contributed by atoms with Gasteiger partial charge in [-0.3, -0.25) is 4.79 Å². The molecule has 0 radical (unpaired) electrons. The van der Waals surface area contributed by atoms with Crippen LogP contribution < -0.4 is 0 Å². The van der Waals surface area contributed by atoms with Gasteiger partial charge in [-0.2, -0.15) is 0 Å². The highest BCUT2D eigenvalue weighted by Gasteiger charge is 2.10. The molecule has 0 aliphatic carbocycles. The lowest BCUT2D eigenvalue weighted by molar-refractivity contribution is -0.117. The third-order valence-corrected chi connectivity index (χ3v) is 3.75. The van der Waals surface area contributed by atoms with Gasteiger partial charge in [0.15, 0.2) is 0 Å². The summed E-state index contributed by atoms with van der Waals surface area (Å²) >= 11 is 11.8. The van der Waals surface area contributed by atoms with E-state index in [4.69, 9.17) is 23.2 Å². The Morgan fingerprint density at radius 1 is 1.25 bits per heavy atom. The number of hydrogen-bond acceptors (Lipinski definition) is 2. The van der Waals surface area contributed by atoms with Gasteiger partial charge < -0.3 is 4.57 Å². The number of benzene rings is 1. The van der Waals surface area contributed by atoms with Crippen molar-refractivity contribution in [3.05, 3.63) is 52.0 Å². The van der Waals surface area contributed by atoms with Gasteiger partial charge in [-0.25, -0.2) is 4.98 Å². The molecule has 3 nitrogen and oxygen atoms in total. The Morgan fingerprint density at radius 3 is 2.75 bits per heavy atom. The quantitative estimate of drug-likeness (QED) is 0.809. The van der Waals surface area contributed by atoms with Gasteiger partial charge in [0.2, 0.25) is 0 Å². The van der Waals surface area contributed by atoms with Crippen LogP contribution in [-0.4, -0.2) is 15.3 Å². The summed E-state index contributed by atoms with van der Waals surface area (Å²) in [5.74, 6) is 0.934. The molecule has 1 aromatic carbocycles. The van der Waals surface area contributed by atoms with Gasteiger partial charge in [0, 0.05) is 25.4 Å². The van der Waals surface area contributed by atoms with Crippen LogP contribution in [0.4, 0.5) is 0 Å². The second kappa shape index (κ2) is 6.91. The van der Waals surface area contributed by atoms with E-state index in [-0.39, 0.29) is 5.78 Å². The third-order valence-electron chi connectivity index (χ3n) is 3.01. The maximum Gasteiger partial charge on any atom is 0.144 e. The fourth-order valence-electron chi connectivity index (χ4n) is 2.07. The van der Waals surface area contributed by atoms with Gasteiger partial charge in [0.05, 0.1) is 16.5 Å². The second-order valence-corrected chi connectivity index (χ2v) is 5.49.